The third-order valence-corrected chi connectivity index (χ3v) is 11.5. The Morgan fingerprint density at radius 1 is 0.967 bits per heavy atom. The molecule has 60 heavy (non-hydrogen) atoms. The number of nitrogens with one attached hydrogen (secondary N) is 4. The smallest absolute Gasteiger partial charge is 0.290 e. The Kier molecular flexibility index (Phi) is 16.2. The molecule has 0 radical (unpaired) electrons. The molecule has 2 aromatic rings. The molecule has 326 valence electrons. The van der Waals surface area contributed by atoms with E-state index in [1.165, 1.54) is 9.80 Å². The standard InChI is InChI=1S/C45H62N6O9/c1-6-7-21-34(40(54)42(56)46-27-37(53)49-38(43(57)50(4)5)30-16-10-8-11-17-30)47-41(55)35-26-33-28-51(35)44(58)39(31-18-12-9-13-19-31)48-36(52)25-29-15-14-20-32(24-29)59-23-22-45(2,3)60-33/h8,10-11,14-17,20,24,31,33-35,38-39H,6-7,9,12-13,18-19,21-23,25-28H2,1-5H3,(H,46,56)(H,47,55)(H,48,52)(H,49,53)/t33-,34?,35?,38+,39+/m1/s1. The first kappa shape index (κ1) is 45.8. The van der Waals surface area contributed by atoms with Gasteiger partial charge in [0.2, 0.25) is 35.3 Å². The maximum atomic E-state index is 14.8. The Morgan fingerprint density at radius 3 is 2.40 bits per heavy atom. The van der Waals surface area contributed by atoms with Crippen molar-refractivity contribution < 1.29 is 43.0 Å². The van der Waals surface area contributed by atoms with Crippen molar-refractivity contribution in [1.29, 1.82) is 0 Å². The Hall–Kier alpha value is -5.31. The van der Waals surface area contributed by atoms with Crippen LogP contribution in [-0.2, 0) is 44.7 Å². The predicted molar refractivity (Wildman–Crippen MR) is 223 cm³/mol. The van der Waals surface area contributed by atoms with Gasteiger partial charge < -0.3 is 40.5 Å². The van der Waals surface area contributed by atoms with E-state index in [4.69, 9.17) is 9.47 Å². The number of rotatable bonds is 13. The van der Waals surface area contributed by atoms with Gasteiger partial charge in [0.15, 0.2) is 0 Å². The molecular weight excluding hydrogens is 769 g/mol. The van der Waals surface area contributed by atoms with E-state index in [0.717, 1.165) is 37.7 Å². The third kappa shape index (κ3) is 12.6. The molecule has 2 unspecified atom stereocenters. The van der Waals surface area contributed by atoms with Crippen LogP contribution in [0.1, 0.15) is 102 Å². The molecule has 4 N–H and O–H groups in total. The summed E-state index contributed by atoms with van der Waals surface area (Å²) < 4.78 is 12.6. The Morgan fingerprint density at radius 2 is 1.70 bits per heavy atom. The van der Waals surface area contributed by atoms with Crippen molar-refractivity contribution in [1.82, 2.24) is 31.1 Å². The molecule has 0 aromatic heterocycles. The van der Waals surface area contributed by atoms with Gasteiger partial charge in [-0.1, -0.05) is 81.5 Å². The normalized spacial score (nSPS) is 22.0. The van der Waals surface area contributed by atoms with Gasteiger partial charge in [0.05, 0.1) is 37.3 Å². The summed E-state index contributed by atoms with van der Waals surface area (Å²) in [6.45, 7) is 5.60. The van der Waals surface area contributed by atoms with Crippen molar-refractivity contribution in [2.75, 3.05) is 33.8 Å². The van der Waals surface area contributed by atoms with Gasteiger partial charge in [0.1, 0.15) is 23.9 Å². The number of likely N-dealkylation sites (N-methyl/N-ethyl adjacent to an activating group) is 1. The highest BCUT2D eigenvalue weighted by atomic mass is 16.5. The van der Waals surface area contributed by atoms with E-state index in [-0.39, 0.29) is 49.4 Å². The fourth-order valence-corrected chi connectivity index (χ4v) is 8.24. The number of hydrogen-bond donors (Lipinski definition) is 4. The number of ether oxygens (including phenoxy) is 2. The Balaban J connectivity index is 1.33. The number of ketones is 1. The Bertz CT molecular complexity index is 1850. The average molecular weight is 831 g/mol. The SMILES string of the molecule is CCCCC(NC(=O)C1C[C@@H]2CN1C(=O)[C@H](C1CCCCC1)NC(=O)Cc1cccc(c1)OCCC(C)(C)O2)C(=O)C(=O)NCC(=O)N[C@H](C(=O)N(C)C)c1ccccc1. The van der Waals surface area contributed by atoms with E-state index < -0.39 is 65.9 Å². The molecule has 2 heterocycles. The minimum atomic E-state index is -1.25. The summed E-state index contributed by atoms with van der Waals surface area (Å²) in [7, 11) is 3.13. The van der Waals surface area contributed by atoms with E-state index in [0.29, 0.717) is 37.2 Å². The zero-order valence-electron chi connectivity index (χ0n) is 35.6. The van der Waals surface area contributed by atoms with Crippen molar-refractivity contribution in [3.63, 3.8) is 0 Å². The highest BCUT2D eigenvalue weighted by Gasteiger charge is 2.46. The first-order valence-corrected chi connectivity index (χ1v) is 21.3. The zero-order chi connectivity index (χ0) is 43.4. The minimum absolute atomic E-state index is 0.0433. The quantitative estimate of drug-likeness (QED) is 0.220. The van der Waals surface area contributed by atoms with Crippen molar-refractivity contribution in [3.05, 3.63) is 65.7 Å². The van der Waals surface area contributed by atoms with Crippen LogP contribution >= 0.6 is 0 Å². The highest BCUT2D eigenvalue weighted by Crippen LogP contribution is 2.32. The molecule has 4 bridgehead atoms. The van der Waals surface area contributed by atoms with Crippen LogP contribution in [0.5, 0.6) is 5.75 Å². The molecule has 15 nitrogen and oxygen atoms in total. The van der Waals surface area contributed by atoms with Gasteiger partial charge in [0.25, 0.3) is 5.91 Å². The summed E-state index contributed by atoms with van der Waals surface area (Å²) in [6.07, 6.45) is 5.80. The number of unbranched alkanes of at least 4 members (excludes halogenated alkanes) is 1. The van der Waals surface area contributed by atoms with Crippen molar-refractivity contribution in [3.8, 4) is 5.75 Å². The van der Waals surface area contributed by atoms with Crippen LogP contribution in [0.2, 0.25) is 0 Å². The maximum absolute atomic E-state index is 14.8. The number of nitrogens with zero attached hydrogens (tertiary/aromatic N) is 2. The molecule has 1 aliphatic carbocycles. The summed E-state index contributed by atoms with van der Waals surface area (Å²) in [4.78, 5) is 98.5. The van der Waals surface area contributed by atoms with Gasteiger partial charge in [0, 0.05) is 33.5 Å². The maximum Gasteiger partial charge on any atom is 0.290 e. The number of carbonyl (C=O) groups excluding carboxylic acids is 7. The lowest BCUT2D eigenvalue weighted by molar-refractivity contribution is -0.144. The molecule has 3 aliphatic rings. The summed E-state index contributed by atoms with van der Waals surface area (Å²) >= 11 is 0. The zero-order valence-corrected chi connectivity index (χ0v) is 35.6. The van der Waals surface area contributed by atoms with Gasteiger partial charge in [-0.3, -0.25) is 33.6 Å². The number of carbonyl (C=O) groups is 7. The molecular formula is C45H62N6O9. The average Bonchev–Trinajstić information content (AvgIpc) is 3.65. The number of fused-ring (bicyclic) bond motifs is 4. The summed E-state index contributed by atoms with van der Waals surface area (Å²) in [5.74, 6) is -3.91. The lowest BCUT2D eigenvalue weighted by Crippen LogP contribution is -2.58. The van der Waals surface area contributed by atoms with Gasteiger partial charge in [-0.15, -0.1) is 0 Å². The van der Waals surface area contributed by atoms with Crippen LogP contribution in [0.15, 0.2) is 54.6 Å². The first-order chi connectivity index (χ1) is 28.6. The van der Waals surface area contributed by atoms with E-state index in [1.54, 1.807) is 44.4 Å². The number of benzene rings is 2. The molecule has 6 amide bonds. The van der Waals surface area contributed by atoms with Crippen LogP contribution in [0, 0.1) is 5.92 Å². The molecule has 2 aliphatic heterocycles. The van der Waals surface area contributed by atoms with E-state index in [1.807, 2.05) is 45.0 Å². The molecule has 2 fully saturated rings. The van der Waals surface area contributed by atoms with Crippen LogP contribution in [0.3, 0.4) is 0 Å². The predicted octanol–water partition coefficient (Wildman–Crippen LogP) is 3.15. The topological polar surface area (TPSA) is 193 Å². The molecule has 15 heteroatoms. The summed E-state index contributed by atoms with van der Waals surface area (Å²) in [5.41, 5.74) is 0.594. The van der Waals surface area contributed by atoms with Crippen molar-refractivity contribution >= 4 is 41.2 Å². The number of hydrogen-bond acceptors (Lipinski definition) is 9. The van der Waals surface area contributed by atoms with Crippen LogP contribution in [-0.4, -0.2) is 115 Å². The molecule has 5 atom stereocenters. The highest BCUT2D eigenvalue weighted by molar-refractivity contribution is 6.38. The van der Waals surface area contributed by atoms with Crippen molar-refractivity contribution in [2.24, 2.45) is 5.92 Å². The molecule has 1 saturated heterocycles. The lowest BCUT2D eigenvalue weighted by atomic mass is 9.83. The first-order valence-electron chi connectivity index (χ1n) is 21.3. The van der Waals surface area contributed by atoms with Crippen molar-refractivity contribution in [2.45, 2.75) is 127 Å². The van der Waals surface area contributed by atoms with Crippen LogP contribution < -0.4 is 26.0 Å². The fraction of sp³-hybridized carbons (Fsp3) is 0.578. The third-order valence-electron chi connectivity index (χ3n) is 11.5. The largest absolute Gasteiger partial charge is 0.493 e. The molecule has 5 rings (SSSR count). The minimum Gasteiger partial charge on any atom is -0.493 e. The number of amides is 6. The number of Topliss-reactive ketones (excluding diaryl/α,β-unsaturated/α-hetero) is 1. The second kappa shape index (κ2) is 21.3. The van der Waals surface area contributed by atoms with Crippen LogP contribution in [0.4, 0.5) is 0 Å². The summed E-state index contributed by atoms with van der Waals surface area (Å²) in [5, 5.41) is 10.8. The van der Waals surface area contributed by atoms with E-state index in [9.17, 15) is 33.6 Å². The molecule has 2 aromatic carbocycles. The fourth-order valence-electron chi connectivity index (χ4n) is 8.24. The van der Waals surface area contributed by atoms with Crippen LogP contribution in [0.25, 0.3) is 0 Å². The van der Waals surface area contributed by atoms with E-state index >= 15 is 0 Å². The molecule has 1 saturated carbocycles. The van der Waals surface area contributed by atoms with Gasteiger partial charge in [-0.2, -0.15) is 0 Å². The lowest BCUT2D eigenvalue weighted by Gasteiger charge is -2.35. The monoisotopic (exact) mass is 830 g/mol. The van der Waals surface area contributed by atoms with Gasteiger partial charge in [-0.05, 0) is 62.3 Å². The van der Waals surface area contributed by atoms with Gasteiger partial charge in [-0.25, -0.2) is 0 Å². The Labute approximate surface area is 353 Å². The van der Waals surface area contributed by atoms with E-state index in [2.05, 4.69) is 21.3 Å². The van der Waals surface area contributed by atoms with Gasteiger partial charge >= 0.3 is 0 Å². The summed E-state index contributed by atoms with van der Waals surface area (Å²) in [6, 6.07) is 11.8. The molecule has 0 spiro atoms. The second-order valence-electron chi connectivity index (χ2n) is 17.0. The second-order valence-corrected chi connectivity index (χ2v) is 17.0.